The van der Waals surface area contributed by atoms with E-state index >= 15 is 0 Å². The average molecular weight is 282 g/mol. The van der Waals surface area contributed by atoms with E-state index in [9.17, 15) is 20.1 Å². The predicted molar refractivity (Wildman–Crippen MR) is 70.6 cm³/mol. The van der Waals surface area contributed by atoms with Gasteiger partial charge in [0.05, 0.1) is 18.1 Å². The highest BCUT2D eigenvalue weighted by Gasteiger charge is 2.70. The summed E-state index contributed by atoms with van der Waals surface area (Å²) in [5, 5.41) is 32.0. The molecule has 0 aromatic rings. The van der Waals surface area contributed by atoms with E-state index in [1.807, 2.05) is 0 Å². The minimum absolute atomic E-state index is 0.242. The molecule has 1 saturated heterocycles. The van der Waals surface area contributed by atoms with Gasteiger partial charge in [-0.05, 0) is 24.8 Å². The lowest BCUT2D eigenvalue weighted by Crippen LogP contribution is -2.69. The predicted octanol–water partition coefficient (Wildman–Crippen LogP) is 0.377. The summed E-state index contributed by atoms with van der Waals surface area (Å²) < 4.78 is 5.38. The van der Waals surface area contributed by atoms with Crippen molar-refractivity contribution in [1.82, 2.24) is 0 Å². The Bertz CT molecular complexity index is 475. The molecule has 1 heterocycles. The first-order chi connectivity index (χ1) is 9.23. The van der Waals surface area contributed by atoms with Gasteiger partial charge in [0, 0.05) is 11.3 Å². The van der Waals surface area contributed by atoms with Crippen molar-refractivity contribution in [2.45, 2.75) is 57.0 Å². The summed E-state index contributed by atoms with van der Waals surface area (Å²) in [4.78, 5) is 11.9. The molecule has 0 bridgehead atoms. The molecule has 0 aromatic carbocycles. The highest BCUT2D eigenvalue weighted by Crippen LogP contribution is 2.59. The molecule has 2 saturated carbocycles. The van der Waals surface area contributed by atoms with Crippen LogP contribution in [0.25, 0.3) is 0 Å². The van der Waals surface area contributed by atoms with E-state index in [0.29, 0.717) is 18.4 Å². The lowest BCUT2D eigenvalue weighted by Gasteiger charge is -2.59. The normalized spacial score (nSPS) is 55.1. The summed E-state index contributed by atoms with van der Waals surface area (Å²) in [6.45, 7) is 7.41. The van der Waals surface area contributed by atoms with Gasteiger partial charge in [0.1, 0.15) is 11.7 Å². The molecular formula is C15H22O5. The molecule has 3 fully saturated rings. The second kappa shape index (κ2) is 4.06. The minimum atomic E-state index is -1.46. The maximum absolute atomic E-state index is 11.9. The molecule has 7 atom stereocenters. The SMILES string of the molecule is C=C1CCC(O)C2(C)CC(O)C3C(C)C(=O)OC3C12O. The number of fused-ring (bicyclic) bond motifs is 3. The van der Waals surface area contributed by atoms with Crippen LogP contribution in [0, 0.1) is 17.3 Å². The molecule has 0 amide bonds. The number of carbonyl (C=O) groups excluding carboxylic acids is 1. The van der Waals surface area contributed by atoms with Crippen LogP contribution < -0.4 is 0 Å². The van der Waals surface area contributed by atoms with Crippen LogP contribution in [-0.2, 0) is 9.53 Å². The van der Waals surface area contributed by atoms with Gasteiger partial charge in [0.2, 0.25) is 0 Å². The Morgan fingerprint density at radius 3 is 2.70 bits per heavy atom. The summed E-state index contributed by atoms with van der Waals surface area (Å²) in [5.41, 5.74) is -1.81. The van der Waals surface area contributed by atoms with E-state index in [0.717, 1.165) is 0 Å². The lowest BCUT2D eigenvalue weighted by molar-refractivity contribution is -0.237. The third-order valence-corrected chi connectivity index (χ3v) is 5.90. The van der Waals surface area contributed by atoms with Gasteiger partial charge in [0.15, 0.2) is 0 Å². The second-order valence-corrected chi connectivity index (χ2v) is 6.84. The standard InChI is InChI=1S/C15H22O5/c1-7-4-5-10(17)14(3)6-9(16)11-8(2)13(18)20-12(11)15(7,14)19/h8-12,16-17,19H,1,4-6H2,2-3H3. The molecule has 7 unspecified atom stereocenters. The number of aliphatic hydroxyl groups is 3. The van der Waals surface area contributed by atoms with E-state index in [-0.39, 0.29) is 6.42 Å². The number of ether oxygens (including phenoxy) is 1. The molecule has 0 radical (unpaired) electrons. The fraction of sp³-hybridized carbons (Fsp3) is 0.800. The Labute approximate surface area is 118 Å². The summed E-state index contributed by atoms with van der Waals surface area (Å²) in [7, 11) is 0. The molecule has 5 heteroatoms. The van der Waals surface area contributed by atoms with Crippen molar-refractivity contribution in [3.8, 4) is 0 Å². The summed E-state index contributed by atoms with van der Waals surface area (Å²) in [6, 6.07) is 0. The Balaban J connectivity index is 2.12. The van der Waals surface area contributed by atoms with Crippen LogP contribution >= 0.6 is 0 Å². The van der Waals surface area contributed by atoms with Crippen molar-refractivity contribution in [3.63, 3.8) is 0 Å². The lowest BCUT2D eigenvalue weighted by atomic mass is 9.50. The fourth-order valence-electron chi connectivity index (χ4n) is 4.50. The maximum atomic E-state index is 11.9. The zero-order valence-corrected chi connectivity index (χ0v) is 11.9. The minimum Gasteiger partial charge on any atom is -0.458 e. The van der Waals surface area contributed by atoms with Crippen molar-refractivity contribution >= 4 is 5.97 Å². The van der Waals surface area contributed by atoms with Gasteiger partial charge in [-0.25, -0.2) is 0 Å². The topological polar surface area (TPSA) is 87.0 Å². The summed E-state index contributed by atoms with van der Waals surface area (Å²) in [6.07, 6.45) is -1.09. The van der Waals surface area contributed by atoms with Crippen molar-refractivity contribution in [3.05, 3.63) is 12.2 Å². The Morgan fingerprint density at radius 1 is 1.40 bits per heavy atom. The number of rotatable bonds is 0. The van der Waals surface area contributed by atoms with Crippen LogP contribution in [0.3, 0.4) is 0 Å². The number of aliphatic hydroxyl groups excluding tert-OH is 2. The molecule has 3 N–H and O–H groups in total. The van der Waals surface area contributed by atoms with Gasteiger partial charge in [-0.15, -0.1) is 0 Å². The van der Waals surface area contributed by atoms with Crippen LogP contribution in [-0.4, -0.2) is 45.2 Å². The molecule has 3 rings (SSSR count). The Morgan fingerprint density at radius 2 is 2.05 bits per heavy atom. The van der Waals surface area contributed by atoms with Gasteiger partial charge >= 0.3 is 5.97 Å². The molecule has 0 aromatic heterocycles. The third-order valence-electron chi connectivity index (χ3n) is 5.90. The average Bonchev–Trinajstić information content (AvgIpc) is 2.68. The van der Waals surface area contributed by atoms with Gasteiger partial charge in [-0.2, -0.15) is 0 Å². The first kappa shape index (κ1) is 14.0. The summed E-state index contributed by atoms with van der Waals surface area (Å²) >= 11 is 0. The van der Waals surface area contributed by atoms with Crippen LogP contribution in [0.4, 0.5) is 0 Å². The third kappa shape index (κ3) is 1.41. The zero-order chi connectivity index (χ0) is 14.9. The van der Waals surface area contributed by atoms with Crippen LogP contribution in [0.2, 0.25) is 0 Å². The van der Waals surface area contributed by atoms with Crippen molar-refractivity contribution in [1.29, 1.82) is 0 Å². The highest BCUT2D eigenvalue weighted by atomic mass is 16.6. The summed E-state index contributed by atoms with van der Waals surface area (Å²) in [5.74, 6) is -1.29. The smallest absolute Gasteiger partial charge is 0.309 e. The number of esters is 1. The van der Waals surface area contributed by atoms with Crippen molar-refractivity contribution < 1.29 is 24.9 Å². The van der Waals surface area contributed by atoms with Gasteiger partial charge in [-0.1, -0.05) is 20.4 Å². The molecule has 0 spiro atoms. The van der Waals surface area contributed by atoms with E-state index < -0.39 is 47.1 Å². The fourth-order valence-corrected chi connectivity index (χ4v) is 4.50. The van der Waals surface area contributed by atoms with Crippen molar-refractivity contribution in [2.75, 3.05) is 0 Å². The van der Waals surface area contributed by atoms with Crippen LogP contribution in [0.15, 0.2) is 12.2 Å². The molecule has 112 valence electrons. The van der Waals surface area contributed by atoms with Gasteiger partial charge < -0.3 is 20.1 Å². The zero-order valence-electron chi connectivity index (χ0n) is 11.9. The van der Waals surface area contributed by atoms with E-state index in [2.05, 4.69) is 6.58 Å². The highest BCUT2D eigenvalue weighted by molar-refractivity contribution is 5.75. The molecule has 5 nitrogen and oxygen atoms in total. The molecule has 20 heavy (non-hydrogen) atoms. The first-order valence-electron chi connectivity index (χ1n) is 7.20. The Hall–Kier alpha value is -0.910. The molecule has 3 aliphatic rings. The van der Waals surface area contributed by atoms with Crippen LogP contribution in [0.1, 0.15) is 33.1 Å². The van der Waals surface area contributed by atoms with E-state index in [1.54, 1.807) is 13.8 Å². The first-order valence-corrected chi connectivity index (χ1v) is 7.20. The van der Waals surface area contributed by atoms with Crippen LogP contribution in [0.5, 0.6) is 0 Å². The second-order valence-electron chi connectivity index (χ2n) is 6.84. The monoisotopic (exact) mass is 282 g/mol. The maximum Gasteiger partial charge on any atom is 0.309 e. The van der Waals surface area contributed by atoms with Gasteiger partial charge in [0.25, 0.3) is 0 Å². The van der Waals surface area contributed by atoms with Gasteiger partial charge in [-0.3, -0.25) is 4.79 Å². The number of carbonyl (C=O) groups is 1. The molecule has 1 aliphatic heterocycles. The van der Waals surface area contributed by atoms with Crippen molar-refractivity contribution in [2.24, 2.45) is 17.3 Å². The molecule has 2 aliphatic carbocycles. The van der Waals surface area contributed by atoms with E-state index in [4.69, 9.17) is 4.74 Å². The number of hydrogen-bond acceptors (Lipinski definition) is 5. The molecular weight excluding hydrogens is 260 g/mol. The van der Waals surface area contributed by atoms with E-state index in [1.165, 1.54) is 0 Å². The number of hydrogen-bond donors (Lipinski definition) is 3. The quantitative estimate of drug-likeness (QED) is 0.441. The Kier molecular flexibility index (Phi) is 2.85. The largest absolute Gasteiger partial charge is 0.458 e.